The second-order valence-corrected chi connectivity index (χ2v) is 7.16. The van der Waals surface area contributed by atoms with Gasteiger partial charge in [-0.1, -0.05) is 22.9 Å². The summed E-state index contributed by atoms with van der Waals surface area (Å²) >= 11 is 6.48. The van der Waals surface area contributed by atoms with Gasteiger partial charge in [0.2, 0.25) is 0 Å². The lowest BCUT2D eigenvalue weighted by Gasteiger charge is -2.18. The molecule has 0 aliphatic carbocycles. The van der Waals surface area contributed by atoms with E-state index in [0.717, 1.165) is 12.1 Å². The highest BCUT2D eigenvalue weighted by Crippen LogP contribution is 2.40. The van der Waals surface area contributed by atoms with Crippen LogP contribution in [0, 0.1) is 6.92 Å². The summed E-state index contributed by atoms with van der Waals surface area (Å²) < 4.78 is 73.0. The molecule has 0 atom stereocenters. The van der Waals surface area contributed by atoms with E-state index >= 15 is 0 Å². The van der Waals surface area contributed by atoms with Crippen molar-refractivity contribution in [1.29, 1.82) is 0 Å². The van der Waals surface area contributed by atoms with Crippen LogP contribution in [-0.4, -0.2) is 29.9 Å². The number of carbonyl (C=O) groups excluding carboxylic acids is 1. The van der Waals surface area contributed by atoms with E-state index in [1.807, 2.05) is 0 Å². The molecule has 2 aromatic heterocycles. The van der Waals surface area contributed by atoms with Crippen molar-refractivity contribution in [3.8, 4) is 10.8 Å². The Morgan fingerprint density at radius 2 is 1.82 bits per heavy atom. The van der Waals surface area contributed by atoms with Gasteiger partial charge in [0.25, 0.3) is 5.91 Å². The van der Waals surface area contributed by atoms with Crippen molar-refractivity contribution in [2.75, 3.05) is 7.11 Å². The van der Waals surface area contributed by atoms with E-state index in [4.69, 9.17) is 16.3 Å². The van der Waals surface area contributed by atoms with Crippen LogP contribution in [0.2, 0.25) is 5.02 Å². The molecule has 0 saturated carbocycles. The maximum atomic E-state index is 13.0. The minimum absolute atomic E-state index is 0.0829. The van der Waals surface area contributed by atoms with Crippen LogP contribution >= 0.6 is 22.9 Å². The van der Waals surface area contributed by atoms with Gasteiger partial charge >= 0.3 is 12.3 Å². The van der Waals surface area contributed by atoms with Gasteiger partial charge in [0.05, 0.1) is 22.5 Å². The average Bonchev–Trinajstić information content (AvgIpc) is 3.15. The minimum Gasteiger partial charge on any atom is -0.495 e. The molecule has 1 aromatic carbocycles. The second kappa shape index (κ2) is 6.93. The third-order valence-corrected chi connectivity index (χ3v) is 5.06. The van der Waals surface area contributed by atoms with E-state index in [1.54, 1.807) is 19.1 Å². The first-order valence-corrected chi connectivity index (χ1v) is 8.77. The van der Waals surface area contributed by atoms with Crippen LogP contribution in [-0.2, 0) is 0 Å². The zero-order chi connectivity index (χ0) is 20.9. The highest BCUT2D eigenvalue weighted by molar-refractivity contribution is 7.15. The van der Waals surface area contributed by atoms with Crippen LogP contribution in [0.4, 0.5) is 22.0 Å². The number of halogens is 6. The number of nitrogens with zero attached hydrogens (tertiary/aromatic N) is 1. The predicted molar refractivity (Wildman–Crippen MR) is 93.9 cm³/mol. The van der Waals surface area contributed by atoms with E-state index in [2.05, 4.69) is 4.74 Å². The number of thiophene rings is 1. The summed E-state index contributed by atoms with van der Waals surface area (Å²) in [6.07, 6.45) is -11.2. The lowest BCUT2D eigenvalue weighted by atomic mass is 10.2. The minimum atomic E-state index is -5.87. The number of aromatic nitrogens is 1. The molecule has 0 aliphatic rings. The first-order chi connectivity index (χ1) is 12.9. The van der Waals surface area contributed by atoms with Gasteiger partial charge in [-0.15, -0.1) is 0 Å². The number of hydrogen-bond donors (Lipinski definition) is 0. The van der Waals surface area contributed by atoms with Crippen LogP contribution in [0.3, 0.4) is 0 Å². The SMILES string of the molecule is COc1cc2cc(C)n(C(=O)c3ccc(OC(F)(F)C(F)(F)F)s3)c2cc1Cl. The molecule has 150 valence electrons. The number of hydrogen-bond acceptors (Lipinski definition) is 4. The normalized spacial score (nSPS) is 12.4. The quantitative estimate of drug-likeness (QED) is 0.475. The van der Waals surface area contributed by atoms with Gasteiger partial charge in [-0.05, 0) is 37.3 Å². The largest absolute Gasteiger partial charge is 0.499 e. The van der Waals surface area contributed by atoms with Gasteiger partial charge in [0, 0.05) is 11.1 Å². The highest BCUT2D eigenvalue weighted by Gasteiger charge is 2.61. The Kier molecular flexibility index (Phi) is 5.05. The lowest BCUT2D eigenvalue weighted by molar-refractivity contribution is -0.359. The first-order valence-electron chi connectivity index (χ1n) is 7.58. The summed E-state index contributed by atoms with van der Waals surface area (Å²) in [6.45, 7) is 1.64. The van der Waals surface area contributed by atoms with Crippen molar-refractivity contribution in [1.82, 2.24) is 4.57 Å². The molecule has 0 radical (unpaired) electrons. The number of fused-ring (bicyclic) bond motifs is 1. The number of carbonyl (C=O) groups is 1. The van der Waals surface area contributed by atoms with E-state index in [1.165, 1.54) is 17.7 Å². The summed E-state index contributed by atoms with van der Waals surface area (Å²) in [5.41, 5.74) is 0.950. The van der Waals surface area contributed by atoms with Crippen LogP contribution < -0.4 is 9.47 Å². The fourth-order valence-corrected chi connectivity index (χ4v) is 3.61. The Morgan fingerprint density at radius 1 is 1.14 bits per heavy atom. The number of rotatable bonds is 4. The van der Waals surface area contributed by atoms with E-state index in [0.29, 0.717) is 33.7 Å². The molecule has 0 aliphatic heterocycles. The summed E-state index contributed by atoms with van der Waals surface area (Å²) in [6, 6.07) is 6.82. The van der Waals surface area contributed by atoms with Crippen molar-refractivity contribution in [2.45, 2.75) is 19.2 Å². The fourth-order valence-electron chi connectivity index (χ4n) is 2.56. The maximum absolute atomic E-state index is 13.0. The number of methoxy groups -OCH3 is 1. The van der Waals surface area contributed by atoms with Gasteiger partial charge < -0.3 is 9.47 Å². The van der Waals surface area contributed by atoms with Gasteiger partial charge in [0.1, 0.15) is 5.75 Å². The Morgan fingerprint density at radius 3 is 2.43 bits per heavy atom. The van der Waals surface area contributed by atoms with Crippen LogP contribution in [0.1, 0.15) is 15.4 Å². The van der Waals surface area contributed by atoms with E-state index in [-0.39, 0.29) is 9.90 Å². The number of alkyl halides is 5. The molecular formula is C17H11ClF5NO3S. The molecule has 3 aromatic rings. The molecule has 0 fully saturated rings. The van der Waals surface area contributed by atoms with Crippen LogP contribution in [0.25, 0.3) is 10.9 Å². The summed E-state index contributed by atoms with van der Waals surface area (Å²) in [5.74, 6) is -0.219. The number of benzene rings is 1. The van der Waals surface area contributed by atoms with E-state index < -0.39 is 23.3 Å². The molecule has 0 bridgehead atoms. The Bertz CT molecular complexity index is 1060. The van der Waals surface area contributed by atoms with Gasteiger partial charge in [-0.2, -0.15) is 22.0 Å². The van der Waals surface area contributed by atoms with Crippen LogP contribution in [0.5, 0.6) is 10.8 Å². The summed E-state index contributed by atoms with van der Waals surface area (Å²) in [5, 5.41) is 0.158. The smallest absolute Gasteiger partial charge is 0.495 e. The summed E-state index contributed by atoms with van der Waals surface area (Å²) in [4.78, 5) is 12.7. The Balaban J connectivity index is 1.97. The molecule has 4 nitrogen and oxygen atoms in total. The molecule has 2 heterocycles. The number of aryl methyl sites for hydroxylation is 1. The fraction of sp³-hybridized carbons (Fsp3) is 0.235. The second-order valence-electron chi connectivity index (χ2n) is 5.71. The molecule has 0 saturated heterocycles. The van der Waals surface area contributed by atoms with Crippen molar-refractivity contribution < 1.29 is 36.2 Å². The van der Waals surface area contributed by atoms with Crippen molar-refractivity contribution >= 4 is 39.7 Å². The van der Waals surface area contributed by atoms with Crippen molar-refractivity contribution in [3.05, 3.63) is 45.9 Å². The molecule has 0 amide bonds. The molecule has 0 spiro atoms. The Labute approximate surface area is 164 Å². The first kappa shape index (κ1) is 20.4. The third kappa shape index (κ3) is 3.53. The van der Waals surface area contributed by atoms with Crippen molar-refractivity contribution in [2.24, 2.45) is 0 Å². The zero-order valence-electron chi connectivity index (χ0n) is 14.2. The third-order valence-electron chi connectivity index (χ3n) is 3.81. The maximum Gasteiger partial charge on any atom is 0.499 e. The average molecular weight is 440 g/mol. The molecule has 3 rings (SSSR count). The van der Waals surface area contributed by atoms with E-state index in [9.17, 15) is 26.7 Å². The predicted octanol–water partition coefficient (Wildman–Crippen LogP) is 5.90. The number of ether oxygens (including phenoxy) is 2. The van der Waals surface area contributed by atoms with Crippen LogP contribution in [0.15, 0.2) is 30.3 Å². The topological polar surface area (TPSA) is 40.5 Å². The lowest BCUT2D eigenvalue weighted by Crippen LogP contribution is -2.41. The molecule has 28 heavy (non-hydrogen) atoms. The Hall–Kier alpha value is -2.33. The van der Waals surface area contributed by atoms with Gasteiger partial charge in [-0.3, -0.25) is 9.36 Å². The standard InChI is InChI=1S/C17H11ClF5NO3S/c1-8-5-9-6-12(26-2)10(18)7-11(9)24(8)15(25)13-3-4-14(28-13)27-17(22,23)16(19,20)21/h3-7H,1-2H3. The molecule has 0 unspecified atom stereocenters. The van der Waals surface area contributed by atoms with Crippen molar-refractivity contribution in [3.63, 3.8) is 0 Å². The summed E-state index contributed by atoms with van der Waals surface area (Å²) in [7, 11) is 1.44. The van der Waals surface area contributed by atoms with Gasteiger partial charge in [-0.25, -0.2) is 0 Å². The van der Waals surface area contributed by atoms with Gasteiger partial charge in [0.15, 0.2) is 5.06 Å². The highest BCUT2D eigenvalue weighted by atomic mass is 35.5. The molecular weight excluding hydrogens is 429 g/mol. The zero-order valence-corrected chi connectivity index (χ0v) is 15.8. The molecule has 0 N–H and O–H groups in total. The monoisotopic (exact) mass is 439 g/mol. The molecule has 11 heteroatoms.